The second kappa shape index (κ2) is 5.96. The van der Waals surface area contributed by atoms with Crippen LogP contribution in [0.2, 0.25) is 0 Å². The van der Waals surface area contributed by atoms with Gasteiger partial charge in [-0.1, -0.05) is 6.92 Å². The first-order chi connectivity index (χ1) is 7.03. The summed E-state index contributed by atoms with van der Waals surface area (Å²) < 4.78 is 33.5. The van der Waals surface area contributed by atoms with Crippen LogP contribution in [0.15, 0.2) is 0 Å². The van der Waals surface area contributed by atoms with E-state index in [4.69, 9.17) is 0 Å². The molecule has 1 N–H and O–H groups in total. The molecule has 0 bridgehead atoms. The fourth-order valence-corrected chi connectivity index (χ4v) is 3.58. The second-order valence-corrected chi connectivity index (χ2v) is 7.98. The molecule has 1 rings (SSSR count). The summed E-state index contributed by atoms with van der Waals surface area (Å²) in [7, 11) is -3.50. The molecule has 1 saturated heterocycles. The zero-order valence-corrected chi connectivity index (χ0v) is 10.7. The average Bonchev–Trinajstić information content (AvgIpc) is 2.21. The highest BCUT2D eigenvalue weighted by Gasteiger charge is 2.17. The normalized spacial score (nSPS) is 27.8. The summed E-state index contributed by atoms with van der Waals surface area (Å²) in [6.45, 7) is 2.19. The van der Waals surface area contributed by atoms with E-state index < -0.39 is 20.6 Å². The van der Waals surface area contributed by atoms with Gasteiger partial charge in [0.15, 0.2) is 9.84 Å². The summed E-state index contributed by atoms with van der Waals surface area (Å²) in [4.78, 5) is 0. The van der Waals surface area contributed by atoms with Crippen molar-refractivity contribution in [1.82, 2.24) is 5.32 Å². The summed E-state index contributed by atoms with van der Waals surface area (Å²) in [5, 5.41) is 3.22. The van der Waals surface area contributed by atoms with Gasteiger partial charge in [0.25, 0.3) is 0 Å². The number of sulfone groups is 1. The van der Waals surface area contributed by atoms with Crippen molar-refractivity contribution in [3.8, 4) is 0 Å². The molecule has 0 aromatic rings. The molecule has 0 aromatic heterocycles. The van der Waals surface area contributed by atoms with Crippen LogP contribution < -0.4 is 5.32 Å². The molecule has 1 fully saturated rings. The highest BCUT2D eigenvalue weighted by molar-refractivity contribution is 7.91. The van der Waals surface area contributed by atoms with Crippen LogP contribution in [0.5, 0.6) is 0 Å². The Balaban J connectivity index is 2.18. The van der Waals surface area contributed by atoms with Crippen LogP contribution in [0.25, 0.3) is 0 Å². The summed E-state index contributed by atoms with van der Waals surface area (Å²) in [6, 6.07) is 0.356. The lowest BCUT2D eigenvalue weighted by Crippen LogP contribution is -2.38. The first-order valence-corrected chi connectivity index (χ1v) is 8.63. The molecule has 1 heterocycles. The van der Waals surface area contributed by atoms with E-state index in [0.29, 0.717) is 12.6 Å². The van der Waals surface area contributed by atoms with E-state index in [9.17, 15) is 12.6 Å². The Morgan fingerprint density at radius 3 is 2.47 bits per heavy atom. The molecule has 0 spiro atoms. The number of hydrogen-bond acceptors (Lipinski definition) is 4. The molecule has 0 aromatic carbocycles. The van der Waals surface area contributed by atoms with E-state index in [1.54, 1.807) is 6.92 Å². The molecule has 6 heteroatoms. The molecule has 90 valence electrons. The van der Waals surface area contributed by atoms with Gasteiger partial charge in [0.05, 0.1) is 5.75 Å². The molecule has 0 aliphatic carbocycles. The van der Waals surface area contributed by atoms with Crippen LogP contribution >= 0.6 is 0 Å². The minimum atomic E-state index is -2.85. The molecule has 0 saturated carbocycles. The zero-order chi connectivity index (χ0) is 11.3. The largest absolute Gasteiger partial charge is 0.313 e. The topological polar surface area (TPSA) is 63.2 Å². The van der Waals surface area contributed by atoms with E-state index in [-0.39, 0.29) is 11.5 Å². The van der Waals surface area contributed by atoms with E-state index >= 15 is 0 Å². The van der Waals surface area contributed by atoms with E-state index in [1.807, 2.05) is 0 Å². The van der Waals surface area contributed by atoms with Gasteiger partial charge in [0.1, 0.15) is 0 Å². The van der Waals surface area contributed by atoms with Crippen molar-refractivity contribution in [3.05, 3.63) is 0 Å². The minimum absolute atomic E-state index is 0.211. The van der Waals surface area contributed by atoms with E-state index in [0.717, 1.165) is 24.3 Å². The molecule has 1 aliphatic heterocycles. The summed E-state index contributed by atoms with van der Waals surface area (Å²) in [5.41, 5.74) is 0. The summed E-state index contributed by atoms with van der Waals surface area (Å²) in [5.74, 6) is 1.92. The van der Waals surface area contributed by atoms with Crippen molar-refractivity contribution < 1.29 is 12.6 Å². The van der Waals surface area contributed by atoms with Crippen LogP contribution in [-0.4, -0.2) is 48.2 Å². The molecule has 0 amide bonds. The van der Waals surface area contributed by atoms with Gasteiger partial charge >= 0.3 is 0 Å². The predicted octanol–water partition coefficient (Wildman–Crippen LogP) is -0.0782. The fraction of sp³-hybridized carbons (Fsp3) is 1.00. The molecular weight excluding hydrogens is 234 g/mol. The maximum atomic E-state index is 11.2. The van der Waals surface area contributed by atoms with Gasteiger partial charge in [-0.3, -0.25) is 4.21 Å². The van der Waals surface area contributed by atoms with E-state index in [1.165, 1.54) is 0 Å². The minimum Gasteiger partial charge on any atom is -0.313 e. The van der Waals surface area contributed by atoms with Crippen molar-refractivity contribution in [2.45, 2.75) is 25.8 Å². The Labute approximate surface area is 94.2 Å². The standard InChI is InChI=1S/C9H19NO3S2/c1-2-15(12,13)8-5-10-9-3-6-14(11)7-4-9/h9-10H,2-8H2,1H3. The van der Waals surface area contributed by atoms with Gasteiger partial charge in [0, 0.05) is 40.6 Å². The third-order valence-electron chi connectivity index (χ3n) is 2.67. The SMILES string of the molecule is CCS(=O)(=O)CCNC1CCS(=O)CC1. The van der Waals surface area contributed by atoms with Gasteiger partial charge in [-0.25, -0.2) is 8.42 Å². The smallest absolute Gasteiger partial charge is 0.151 e. The van der Waals surface area contributed by atoms with Crippen molar-refractivity contribution in [3.63, 3.8) is 0 Å². The van der Waals surface area contributed by atoms with Crippen LogP contribution in [0, 0.1) is 0 Å². The fourth-order valence-electron chi connectivity index (χ4n) is 1.56. The number of nitrogens with one attached hydrogen (secondary N) is 1. The van der Waals surface area contributed by atoms with Gasteiger partial charge < -0.3 is 5.32 Å². The Morgan fingerprint density at radius 2 is 1.93 bits per heavy atom. The number of rotatable bonds is 5. The highest BCUT2D eigenvalue weighted by Crippen LogP contribution is 2.08. The highest BCUT2D eigenvalue weighted by atomic mass is 32.2. The molecule has 0 radical (unpaired) electrons. The lowest BCUT2D eigenvalue weighted by atomic mass is 10.1. The lowest BCUT2D eigenvalue weighted by Gasteiger charge is -2.22. The Morgan fingerprint density at radius 1 is 1.33 bits per heavy atom. The Hall–Kier alpha value is 0.0600. The maximum absolute atomic E-state index is 11.2. The number of hydrogen-bond donors (Lipinski definition) is 1. The van der Waals surface area contributed by atoms with Crippen LogP contribution in [0.1, 0.15) is 19.8 Å². The first-order valence-electron chi connectivity index (χ1n) is 5.32. The molecule has 4 nitrogen and oxygen atoms in total. The molecule has 0 atom stereocenters. The molecule has 15 heavy (non-hydrogen) atoms. The zero-order valence-electron chi connectivity index (χ0n) is 9.07. The van der Waals surface area contributed by atoms with Crippen LogP contribution in [0.4, 0.5) is 0 Å². The summed E-state index contributed by atoms with van der Waals surface area (Å²) >= 11 is 0. The van der Waals surface area contributed by atoms with Gasteiger partial charge in [0.2, 0.25) is 0 Å². The Bertz CT molecular complexity index is 303. The lowest BCUT2D eigenvalue weighted by molar-refractivity contribution is 0.487. The van der Waals surface area contributed by atoms with Gasteiger partial charge in [-0.2, -0.15) is 0 Å². The van der Waals surface area contributed by atoms with Crippen molar-refractivity contribution >= 4 is 20.6 Å². The predicted molar refractivity (Wildman–Crippen MR) is 63.2 cm³/mol. The quantitative estimate of drug-likeness (QED) is 0.744. The average molecular weight is 253 g/mol. The van der Waals surface area contributed by atoms with Gasteiger partial charge in [-0.15, -0.1) is 0 Å². The van der Waals surface area contributed by atoms with E-state index in [2.05, 4.69) is 5.32 Å². The molecule has 1 aliphatic rings. The van der Waals surface area contributed by atoms with Crippen molar-refractivity contribution in [2.75, 3.05) is 29.6 Å². The van der Waals surface area contributed by atoms with Gasteiger partial charge in [-0.05, 0) is 12.8 Å². The molecule has 0 unspecified atom stereocenters. The second-order valence-electron chi connectivity index (χ2n) is 3.81. The monoisotopic (exact) mass is 253 g/mol. The van der Waals surface area contributed by atoms with Crippen LogP contribution in [-0.2, 0) is 20.6 Å². The summed E-state index contributed by atoms with van der Waals surface area (Å²) in [6.07, 6.45) is 1.80. The van der Waals surface area contributed by atoms with Crippen LogP contribution in [0.3, 0.4) is 0 Å². The van der Waals surface area contributed by atoms with Crippen molar-refractivity contribution in [1.29, 1.82) is 0 Å². The van der Waals surface area contributed by atoms with Crippen molar-refractivity contribution in [2.24, 2.45) is 0 Å². The molecular formula is C9H19NO3S2. The third kappa shape index (κ3) is 5.08. The Kier molecular flexibility index (Phi) is 5.22. The third-order valence-corrected chi connectivity index (χ3v) is 5.76. The maximum Gasteiger partial charge on any atom is 0.151 e. The first kappa shape index (κ1) is 13.1.